The standard InChI is InChI=1S/C26H46O20/c1-3-4-5-40-25(2,39)45-13(30)6-26(22(37)17(34)14(31)10(7-27)44-26)46-21-12(9-29)42-24(19(36)16(21)33)43-20-11(8-28)41-23(38)18(35)15(20)32/h10-12,14-24,27-29,31-39H,3-9H2,1-2H3/t10-,11-,12-,14-,15-,16-,17+,18-,19-,20-,21-,22-,23+,24?,25?,26?/m1/s1. The molecule has 3 rings (SSSR count). The van der Waals surface area contributed by atoms with Gasteiger partial charge in [-0.05, 0) is 6.42 Å². The van der Waals surface area contributed by atoms with Crippen LogP contribution in [0.5, 0.6) is 0 Å². The van der Waals surface area contributed by atoms with E-state index in [0.29, 0.717) is 12.8 Å². The maximum absolute atomic E-state index is 13.0. The molecular weight excluding hydrogens is 632 g/mol. The molecule has 20 nitrogen and oxygen atoms in total. The Kier molecular flexibility index (Phi) is 14.0. The number of hydrogen-bond donors (Lipinski definition) is 12. The van der Waals surface area contributed by atoms with Crippen molar-refractivity contribution in [3.8, 4) is 0 Å². The predicted octanol–water partition coefficient (Wildman–Crippen LogP) is -6.79. The molecule has 3 heterocycles. The molecule has 0 aromatic carbocycles. The number of unbranched alkanes of at least 4 members (excludes halogenated alkanes) is 1. The highest BCUT2D eigenvalue weighted by Crippen LogP contribution is 2.39. The van der Waals surface area contributed by atoms with Gasteiger partial charge in [0.05, 0.1) is 26.4 Å². The number of carbonyl (C=O) groups is 1. The van der Waals surface area contributed by atoms with E-state index in [1.807, 2.05) is 6.92 Å². The first-order chi connectivity index (χ1) is 21.6. The van der Waals surface area contributed by atoms with Crippen LogP contribution < -0.4 is 0 Å². The molecule has 3 saturated heterocycles. The minimum atomic E-state index is -2.80. The van der Waals surface area contributed by atoms with E-state index in [1.54, 1.807) is 0 Å². The van der Waals surface area contributed by atoms with Crippen LogP contribution in [0.25, 0.3) is 0 Å². The summed E-state index contributed by atoms with van der Waals surface area (Å²) in [6.45, 7) is 0.00176. The van der Waals surface area contributed by atoms with Gasteiger partial charge in [-0.25, -0.2) is 0 Å². The van der Waals surface area contributed by atoms with Crippen molar-refractivity contribution in [2.45, 2.75) is 131 Å². The Morgan fingerprint density at radius 2 is 1.37 bits per heavy atom. The average molecular weight is 679 g/mol. The molecule has 16 atom stereocenters. The zero-order valence-electron chi connectivity index (χ0n) is 25.2. The van der Waals surface area contributed by atoms with E-state index in [4.69, 9.17) is 33.2 Å². The van der Waals surface area contributed by atoms with Gasteiger partial charge in [-0.1, -0.05) is 13.3 Å². The van der Waals surface area contributed by atoms with Crippen molar-refractivity contribution >= 4 is 5.97 Å². The van der Waals surface area contributed by atoms with Gasteiger partial charge in [0.25, 0.3) is 0 Å². The zero-order valence-corrected chi connectivity index (χ0v) is 25.2. The van der Waals surface area contributed by atoms with E-state index >= 15 is 0 Å². The van der Waals surface area contributed by atoms with E-state index in [-0.39, 0.29) is 6.61 Å². The fourth-order valence-electron chi connectivity index (χ4n) is 5.31. The molecule has 270 valence electrons. The second kappa shape index (κ2) is 16.4. The summed E-state index contributed by atoms with van der Waals surface area (Å²) in [7, 11) is 0. The molecule has 46 heavy (non-hydrogen) atoms. The van der Waals surface area contributed by atoms with Gasteiger partial charge in [-0.2, -0.15) is 0 Å². The Morgan fingerprint density at radius 1 is 0.783 bits per heavy atom. The van der Waals surface area contributed by atoms with Crippen LogP contribution >= 0.6 is 0 Å². The fourth-order valence-corrected chi connectivity index (χ4v) is 5.31. The third-order valence-electron chi connectivity index (χ3n) is 7.88. The van der Waals surface area contributed by atoms with Gasteiger partial charge in [0.1, 0.15) is 79.7 Å². The van der Waals surface area contributed by atoms with Crippen LogP contribution in [0, 0.1) is 0 Å². The van der Waals surface area contributed by atoms with E-state index in [2.05, 4.69) is 0 Å². The summed E-state index contributed by atoms with van der Waals surface area (Å²) >= 11 is 0. The van der Waals surface area contributed by atoms with Crippen molar-refractivity contribution in [3.63, 3.8) is 0 Å². The van der Waals surface area contributed by atoms with E-state index < -0.39 is 130 Å². The molecule has 3 fully saturated rings. The van der Waals surface area contributed by atoms with Crippen LogP contribution in [-0.4, -0.2) is 191 Å². The summed E-state index contributed by atoms with van der Waals surface area (Å²) < 4.78 is 37.4. The Balaban J connectivity index is 1.87. The smallest absolute Gasteiger partial charge is 0.323 e. The Hall–Kier alpha value is -1.25. The highest BCUT2D eigenvalue weighted by molar-refractivity contribution is 5.71. The van der Waals surface area contributed by atoms with E-state index in [1.165, 1.54) is 0 Å². The molecule has 0 aliphatic carbocycles. The summed E-state index contributed by atoms with van der Waals surface area (Å²) in [6, 6.07) is 0. The van der Waals surface area contributed by atoms with E-state index in [0.717, 1.165) is 6.92 Å². The van der Waals surface area contributed by atoms with Gasteiger partial charge in [-0.15, -0.1) is 0 Å². The molecule has 0 radical (unpaired) electrons. The Bertz CT molecular complexity index is 950. The maximum Gasteiger partial charge on any atom is 0.323 e. The van der Waals surface area contributed by atoms with Crippen molar-refractivity contribution in [3.05, 3.63) is 0 Å². The van der Waals surface area contributed by atoms with Crippen LogP contribution in [0.2, 0.25) is 0 Å². The molecule has 0 aromatic heterocycles. The predicted molar refractivity (Wildman–Crippen MR) is 142 cm³/mol. The second-order valence-electron chi connectivity index (χ2n) is 11.4. The lowest BCUT2D eigenvalue weighted by molar-refractivity contribution is -0.411. The van der Waals surface area contributed by atoms with Crippen molar-refractivity contribution in [2.75, 3.05) is 26.4 Å². The SMILES string of the molecule is CCCCOC(C)(O)OC(=O)CC1(O[C@H]2[C@H](O)[C@@H](O)C(O[C@H]3[C@H](O)[C@@H](O)[C@@H](O)O[C@@H]3CO)O[C@@H]2CO)O[C@H](CO)[C@@H](O)[C@H](O)[C@H]1O. The lowest BCUT2D eigenvalue weighted by atomic mass is 9.89. The molecule has 20 heteroatoms. The first-order valence-corrected chi connectivity index (χ1v) is 14.7. The zero-order chi connectivity index (χ0) is 34.6. The summed E-state index contributed by atoms with van der Waals surface area (Å²) in [6.07, 6.45) is -26.7. The van der Waals surface area contributed by atoms with Crippen molar-refractivity contribution in [1.82, 2.24) is 0 Å². The highest BCUT2D eigenvalue weighted by Gasteiger charge is 2.60. The van der Waals surface area contributed by atoms with Crippen LogP contribution in [-0.2, 0) is 38.0 Å². The van der Waals surface area contributed by atoms with Gasteiger partial charge >= 0.3 is 11.9 Å². The average Bonchev–Trinajstić information content (AvgIpc) is 3.01. The fraction of sp³-hybridized carbons (Fsp3) is 0.962. The molecule has 12 N–H and O–H groups in total. The number of carbonyl (C=O) groups excluding carboxylic acids is 1. The number of aliphatic hydroxyl groups excluding tert-OH is 11. The second-order valence-corrected chi connectivity index (χ2v) is 11.4. The molecular formula is C26H46O20. The Morgan fingerprint density at radius 3 is 1.96 bits per heavy atom. The van der Waals surface area contributed by atoms with Crippen LogP contribution in [0.1, 0.15) is 33.1 Å². The molecule has 3 aliphatic rings. The Labute approximate surface area is 262 Å². The molecule has 0 aromatic rings. The third-order valence-corrected chi connectivity index (χ3v) is 7.88. The van der Waals surface area contributed by atoms with Crippen LogP contribution in [0.15, 0.2) is 0 Å². The highest BCUT2D eigenvalue weighted by atomic mass is 16.8. The molecule has 0 saturated carbocycles. The molecule has 3 aliphatic heterocycles. The molecule has 0 spiro atoms. The monoisotopic (exact) mass is 678 g/mol. The van der Waals surface area contributed by atoms with Crippen LogP contribution in [0.3, 0.4) is 0 Å². The van der Waals surface area contributed by atoms with E-state index in [9.17, 15) is 66.1 Å². The first kappa shape index (κ1) is 39.2. The van der Waals surface area contributed by atoms with Crippen molar-refractivity contribution < 1.29 is 99.2 Å². The molecule has 0 amide bonds. The lowest BCUT2D eigenvalue weighted by Gasteiger charge is -2.52. The number of ether oxygens (including phenoxy) is 7. The quantitative estimate of drug-likeness (QED) is 0.0461. The van der Waals surface area contributed by atoms with Gasteiger partial charge in [0, 0.05) is 6.92 Å². The van der Waals surface area contributed by atoms with Gasteiger partial charge in [-0.3, -0.25) is 4.79 Å². The minimum Gasteiger partial charge on any atom is -0.408 e. The number of aliphatic hydroxyl groups is 12. The number of hydrogen-bond acceptors (Lipinski definition) is 20. The number of rotatable bonds is 14. The molecule has 0 bridgehead atoms. The summed E-state index contributed by atoms with van der Waals surface area (Å²) in [4.78, 5) is 13.0. The van der Waals surface area contributed by atoms with Crippen molar-refractivity contribution in [2.24, 2.45) is 0 Å². The summed E-state index contributed by atoms with van der Waals surface area (Å²) in [5, 5.41) is 124. The number of esters is 1. The molecule has 3 unspecified atom stereocenters. The first-order valence-electron chi connectivity index (χ1n) is 14.7. The lowest BCUT2D eigenvalue weighted by Crippen LogP contribution is -2.70. The third kappa shape index (κ3) is 8.66. The minimum absolute atomic E-state index is 0.0114. The maximum atomic E-state index is 13.0. The normalized spacial score (nSPS) is 44.8. The summed E-state index contributed by atoms with van der Waals surface area (Å²) in [5.41, 5.74) is 0. The largest absolute Gasteiger partial charge is 0.408 e. The van der Waals surface area contributed by atoms with Gasteiger partial charge in [0.2, 0.25) is 5.79 Å². The summed E-state index contributed by atoms with van der Waals surface area (Å²) in [5.74, 6) is -6.64. The van der Waals surface area contributed by atoms with Gasteiger partial charge < -0.3 is 94.4 Å². The van der Waals surface area contributed by atoms with Gasteiger partial charge in [0.15, 0.2) is 12.6 Å². The topological polar surface area (TPSA) is 324 Å². The van der Waals surface area contributed by atoms with Crippen molar-refractivity contribution in [1.29, 1.82) is 0 Å². The van der Waals surface area contributed by atoms with Crippen LogP contribution in [0.4, 0.5) is 0 Å².